The molecule has 9 nitrogen and oxygen atoms in total. The molecule has 120 valence electrons. The minimum Gasteiger partial charge on any atom is -0.726 e. The first kappa shape index (κ1) is 18.1. The molecule has 11 heteroatoms. The Hall–Kier alpha value is 0.0200. The summed E-state index contributed by atoms with van der Waals surface area (Å²) < 4.78 is 35.4. The van der Waals surface area contributed by atoms with E-state index in [-0.39, 0.29) is 11.5 Å². The van der Waals surface area contributed by atoms with E-state index in [4.69, 9.17) is 10.2 Å². The van der Waals surface area contributed by atoms with Gasteiger partial charge in [0.2, 0.25) is 10.4 Å². The Bertz CT molecular complexity index is 400. The number of rotatable bonds is 7. The quantitative estimate of drug-likeness (QED) is 0.176. The molecule has 0 radical (unpaired) electrons. The summed E-state index contributed by atoms with van der Waals surface area (Å²) in [4.78, 5) is 0. The summed E-state index contributed by atoms with van der Waals surface area (Å²) in [6, 6.07) is 0. The van der Waals surface area contributed by atoms with Gasteiger partial charge in [-0.15, -0.1) is 0 Å². The van der Waals surface area contributed by atoms with Gasteiger partial charge < -0.3 is 30.1 Å². The van der Waals surface area contributed by atoms with Crippen molar-refractivity contribution in [2.24, 2.45) is 0 Å². The van der Waals surface area contributed by atoms with Crippen molar-refractivity contribution in [1.29, 1.82) is 0 Å². The first-order valence-corrected chi connectivity index (χ1v) is 8.71. The lowest BCUT2D eigenvalue weighted by Crippen LogP contribution is -2.42. The molecule has 5 N–H and O–H groups in total. The molecule has 0 saturated carbocycles. The van der Waals surface area contributed by atoms with Crippen LogP contribution >= 0.6 is 0 Å². The third-order valence-electron chi connectivity index (χ3n) is 3.00. The molecule has 1 aliphatic heterocycles. The highest BCUT2D eigenvalue weighted by molar-refractivity contribution is 7.97. The molecule has 0 bridgehead atoms. The van der Waals surface area contributed by atoms with Crippen LogP contribution in [0.15, 0.2) is 0 Å². The molecular weight excluding hydrogens is 316 g/mol. The van der Waals surface area contributed by atoms with Gasteiger partial charge in [0.1, 0.15) is 35.9 Å². The van der Waals surface area contributed by atoms with E-state index in [1.165, 1.54) is 0 Å². The van der Waals surface area contributed by atoms with Gasteiger partial charge in [-0.25, -0.2) is 8.42 Å². The summed E-state index contributed by atoms with van der Waals surface area (Å²) >= 11 is 0. The fourth-order valence-corrected chi connectivity index (χ4v) is 5.18. The van der Waals surface area contributed by atoms with Crippen molar-refractivity contribution < 1.29 is 42.7 Å². The van der Waals surface area contributed by atoms with E-state index in [0.29, 0.717) is 0 Å². The number of aliphatic hydroxyl groups excluding tert-OH is 5. The second-order valence-electron chi connectivity index (χ2n) is 4.44. The molecule has 0 aromatic heterocycles. The molecule has 0 aromatic rings. The van der Waals surface area contributed by atoms with Crippen molar-refractivity contribution in [2.75, 3.05) is 24.7 Å². The van der Waals surface area contributed by atoms with Crippen LogP contribution in [-0.2, 0) is 25.5 Å². The van der Waals surface area contributed by atoms with Crippen LogP contribution in [0.2, 0.25) is 0 Å². The maximum Gasteiger partial charge on any atom is 0.218 e. The Morgan fingerprint density at radius 2 is 1.95 bits per heavy atom. The highest BCUT2D eigenvalue weighted by Crippen LogP contribution is 2.25. The summed E-state index contributed by atoms with van der Waals surface area (Å²) in [5.74, 6) is 0.0197. The van der Waals surface area contributed by atoms with E-state index >= 15 is 0 Å². The maximum atomic E-state index is 10.4. The van der Waals surface area contributed by atoms with Gasteiger partial charge in [-0.3, -0.25) is 4.18 Å². The Morgan fingerprint density at radius 3 is 2.40 bits per heavy atom. The zero-order chi connectivity index (χ0) is 15.5. The molecule has 1 saturated heterocycles. The molecule has 6 atom stereocenters. The third-order valence-corrected chi connectivity index (χ3v) is 6.31. The fraction of sp³-hybridized carbons (Fsp3) is 1.00. The first-order valence-electron chi connectivity index (χ1n) is 5.76. The minimum atomic E-state index is -5.07. The van der Waals surface area contributed by atoms with Gasteiger partial charge in [0.25, 0.3) is 0 Å². The van der Waals surface area contributed by atoms with Crippen LogP contribution in [0.3, 0.4) is 0 Å². The predicted octanol–water partition coefficient (Wildman–Crippen LogP) is -4.10. The average molecular weight is 334 g/mol. The smallest absolute Gasteiger partial charge is 0.218 e. The lowest BCUT2D eigenvalue weighted by Gasteiger charge is -2.22. The van der Waals surface area contributed by atoms with E-state index in [0.717, 1.165) is 0 Å². The second-order valence-corrected chi connectivity index (χ2v) is 7.80. The second kappa shape index (κ2) is 7.33. The number of aliphatic hydroxyl groups is 5. The summed E-state index contributed by atoms with van der Waals surface area (Å²) in [7, 11) is -5.86. The highest BCUT2D eigenvalue weighted by atomic mass is 32.3. The SMILES string of the molecule is O=S(=O)([O-])OC(CO)[C@H](O)C[S+]1C[C@@H](O)[C@H](O)[C@H]1CO. The first-order chi connectivity index (χ1) is 9.19. The Balaban J connectivity index is 2.66. The van der Waals surface area contributed by atoms with E-state index in [1.54, 1.807) is 0 Å². The van der Waals surface area contributed by atoms with Crippen molar-refractivity contribution in [3.63, 3.8) is 0 Å². The summed E-state index contributed by atoms with van der Waals surface area (Å²) in [5, 5.41) is 46.3. The topological polar surface area (TPSA) is 168 Å². The zero-order valence-corrected chi connectivity index (χ0v) is 12.0. The molecular formula is C9H18O9S2. The molecule has 20 heavy (non-hydrogen) atoms. The van der Waals surface area contributed by atoms with Crippen LogP contribution < -0.4 is 0 Å². The molecule has 0 aliphatic carbocycles. The average Bonchev–Trinajstić information content (AvgIpc) is 2.60. The third kappa shape index (κ3) is 4.79. The van der Waals surface area contributed by atoms with E-state index < -0.39 is 64.2 Å². The van der Waals surface area contributed by atoms with E-state index in [9.17, 15) is 28.3 Å². The summed E-state index contributed by atoms with van der Waals surface area (Å²) in [6.45, 7) is -1.28. The van der Waals surface area contributed by atoms with Crippen LogP contribution in [0.5, 0.6) is 0 Å². The van der Waals surface area contributed by atoms with E-state index in [2.05, 4.69) is 4.18 Å². The molecule has 1 heterocycles. The summed E-state index contributed by atoms with van der Waals surface area (Å²) in [5.41, 5.74) is 0. The lowest BCUT2D eigenvalue weighted by atomic mass is 10.2. The van der Waals surface area contributed by atoms with Crippen LogP contribution in [0.25, 0.3) is 0 Å². The van der Waals surface area contributed by atoms with Crippen molar-refractivity contribution >= 4 is 21.3 Å². The monoisotopic (exact) mass is 334 g/mol. The normalized spacial score (nSPS) is 34.1. The van der Waals surface area contributed by atoms with Gasteiger partial charge in [0.15, 0.2) is 5.25 Å². The van der Waals surface area contributed by atoms with Crippen molar-refractivity contribution in [3.05, 3.63) is 0 Å². The Morgan fingerprint density at radius 1 is 1.35 bits per heavy atom. The largest absolute Gasteiger partial charge is 0.726 e. The van der Waals surface area contributed by atoms with Gasteiger partial charge in [-0.2, -0.15) is 0 Å². The van der Waals surface area contributed by atoms with Gasteiger partial charge in [0, 0.05) is 10.9 Å². The minimum absolute atomic E-state index is 0.111. The fourth-order valence-electron chi connectivity index (χ4n) is 1.99. The standard InChI is InChI=1S/C9H18O9S2/c10-1-7(18-20(15,16)17)5(12)3-19-4-6(13)9(14)8(19)2-11/h5-14H,1-4H2/t5-,6-,7?,8-,9+,19?/m1/s1. The van der Waals surface area contributed by atoms with Crippen molar-refractivity contribution in [1.82, 2.24) is 0 Å². The van der Waals surface area contributed by atoms with Crippen LogP contribution in [0.4, 0.5) is 0 Å². The molecule has 0 aromatic carbocycles. The predicted molar refractivity (Wildman–Crippen MR) is 67.6 cm³/mol. The number of hydrogen-bond donors (Lipinski definition) is 5. The van der Waals surface area contributed by atoms with Crippen LogP contribution in [0.1, 0.15) is 0 Å². The zero-order valence-electron chi connectivity index (χ0n) is 10.4. The van der Waals surface area contributed by atoms with Crippen LogP contribution in [-0.4, -0.2) is 92.9 Å². The molecule has 0 spiro atoms. The maximum absolute atomic E-state index is 10.4. The van der Waals surface area contributed by atoms with Gasteiger partial charge in [-0.1, -0.05) is 0 Å². The van der Waals surface area contributed by atoms with E-state index in [1.807, 2.05) is 0 Å². The van der Waals surface area contributed by atoms with Gasteiger partial charge >= 0.3 is 0 Å². The van der Waals surface area contributed by atoms with Crippen molar-refractivity contribution in [2.45, 2.75) is 29.7 Å². The van der Waals surface area contributed by atoms with Gasteiger partial charge in [-0.05, 0) is 0 Å². The molecule has 1 fully saturated rings. The molecule has 1 rings (SSSR count). The molecule has 1 aliphatic rings. The van der Waals surface area contributed by atoms with Gasteiger partial charge in [0.05, 0.1) is 13.2 Å². The Labute approximate surface area is 119 Å². The summed E-state index contributed by atoms with van der Waals surface area (Å²) in [6.07, 6.45) is -5.26. The lowest BCUT2D eigenvalue weighted by molar-refractivity contribution is 0.0105. The molecule has 0 amide bonds. The highest BCUT2D eigenvalue weighted by Gasteiger charge is 2.50. The van der Waals surface area contributed by atoms with Crippen molar-refractivity contribution in [3.8, 4) is 0 Å². The Kier molecular flexibility index (Phi) is 6.63. The van der Waals surface area contributed by atoms with Crippen LogP contribution in [0, 0.1) is 0 Å². The number of hydrogen-bond acceptors (Lipinski definition) is 9. The molecule has 2 unspecified atom stereocenters.